The molecule has 2 aromatic rings. The fourth-order valence-electron chi connectivity index (χ4n) is 3.98. The predicted molar refractivity (Wildman–Crippen MR) is 119 cm³/mol. The number of carbonyl (C=O) groups excluding carboxylic acids is 1. The number of benzene rings is 2. The van der Waals surface area contributed by atoms with Crippen LogP contribution in [0, 0.1) is 13.8 Å². The summed E-state index contributed by atoms with van der Waals surface area (Å²) in [4.78, 5) is 15.2. The van der Waals surface area contributed by atoms with Gasteiger partial charge in [0.1, 0.15) is 0 Å². The lowest BCUT2D eigenvalue weighted by Gasteiger charge is -2.29. The topological polar surface area (TPSA) is 58.4 Å². The average molecular weight is 400 g/mol. The summed E-state index contributed by atoms with van der Waals surface area (Å²) in [5, 5.41) is 3.67. The lowest BCUT2D eigenvalue weighted by atomic mass is 9.95. The van der Waals surface area contributed by atoms with Gasteiger partial charge in [0, 0.05) is 35.1 Å². The number of hydrogen-bond acceptors (Lipinski definition) is 3. The minimum atomic E-state index is -0.108. The minimum Gasteiger partial charge on any atom is -0.371 e. The number of anilines is 2. The van der Waals surface area contributed by atoms with Crippen LogP contribution in [-0.4, -0.2) is 25.5 Å². The van der Waals surface area contributed by atoms with Gasteiger partial charge in [-0.25, -0.2) is 0 Å². The normalized spacial score (nSPS) is 14.2. The van der Waals surface area contributed by atoms with E-state index >= 15 is 0 Å². The second-order valence-corrected chi connectivity index (χ2v) is 8.12. The van der Waals surface area contributed by atoms with Gasteiger partial charge in [0.05, 0.1) is 0 Å². The Bertz CT molecular complexity index is 821. The van der Waals surface area contributed by atoms with Gasteiger partial charge in [0.25, 0.3) is 5.91 Å². The molecule has 5 heteroatoms. The van der Waals surface area contributed by atoms with Crippen LogP contribution in [0.4, 0.5) is 11.4 Å². The molecule has 0 radical (unpaired) electrons. The molecule has 0 unspecified atom stereocenters. The Morgan fingerprint density at radius 3 is 2.39 bits per heavy atom. The Balaban J connectivity index is 1.78. The second kappa shape index (κ2) is 9.44. The van der Waals surface area contributed by atoms with Gasteiger partial charge in [-0.15, -0.1) is 0 Å². The molecular weight excluding hydrogens is 370 g/mol. The van der Waals surface area contributed by atoms with Crippen molar-refractivity contribution in [3.8, 4) is 0 Å². The maximum Gasteiger partial charge on any atom is 0.255 e. The molecule has 150 valence electrons. The number of hydrogen-bond donors (Lipinski definition) is 2. The summed E-state index contributed by atoms with van der Waals surface area (Å²) in [5.74, 6) is -0.108. The molecule has 4 nitrogen and oxygen atoms in total. The highest BCUT2D eigenvalue weighted by Gasteiger charge is 2.15. The van der Waals surface area contributed by atoms with Crippen molar-refractivity contribution in [3.63, 3.8) is 0 Å². The van der Waals surface area contributed by atoms with Crippen LogP contribution >= 0.6 is 11.6 Å². The van der Waals surface area contributed by atoms with Gasteiger partial charge in [0.15, 0.2) is 0 Å². The summed E-state index contributed by atoms with van der Waals surface area (Å²) in [5.41, 5.74) is 11.7. The van der Waals surface area contributed by atoms with Crippen LogP contribution in [0.3, 0.4) is 0 Å². The van der Waals surface area contributed by atoms with Crippen molar-refractivity contribution in [3.05, 3.63) is 57.6 Å². The molecule has 1 heterocycles. The first kappa shape index (κ1) is 20.7. The third kappa shape index (κ3) is 5.06. The highest BCUT2D eigenvalue weighted by molar-refractivity contribution is 6.31. The molecule has 1 aliphatic rings. The van der Waals surface area contributed by atoms with E-state index in [-0.39, 0.29) is 5.91 Å². The summed E-state index contributed by atoms with van der Waals surface area (Å²) in [6.45, 7) is 6.87. The monoisotopic (exact) mass is 399 g/mol. The predicted octanol–water partition coefficient (Wildman–Crippen LogP) is 5.09. The molecule has 2 aromatic carbocycles. The number of nitrogens with zero attached hydrogens (tertiary/aromatic N) is 1. The van der Waals surface area contributed by atoms with Crippen LogP contribution in [0.1, 0.15) is 52.7 Å². The number of amides is 1. The molecule has 0 bridgehead atoms. The Morgan fingerprint density at radius 2 is 1.75 bits per heavy atom. The number of piperidine rings is 1. The molecule has 0 aromatic heterocycles. The quantitative estimate of drug-likeness (QED) is 0.711. The summed E-state index contributed by atoms with van der Waals surface area (Å²) in [6.07, 6.45) is 5.58. The maximum absolute atomic E-state index is 12.9. The van der Waals surface area contributed by atoms with Gasteiger partial charge in [-0.1, -0.05) is 11.6 Å². The van der Waals surface area contributed by atoms with E-state index in [1.807, 2.05) is 30.3 Å². The Labute approximate surface area is 173 Å². The third-order valence-corrected chi connectivity index (χ3v) is 5.67. The number of rotatable bonds is 6. The summed E-state index contributed by atoms with van der Waals surface area (Å²) in [6, 6.07) is 9.73. The number of aryl methyl sites for hydroxylation is 2. The molecule has 0 atom stereocenters. The molecule has 1 saturated heterocycles. The van der Waals surface area contributed by atoms with Crippen LogP contribution in [0.15, 0.2) is 30.3 Å². The Hall–Kier alpha value is -2.04. The second-order valence-electron chi connectivity index (χ2n) is 7.68. The smallest absolute Gasteiger partial charge is 0.255 e. The van der Waals surface area contributed by atoms with Crippen molar-refractivity contribution in [2.75, 3.05) is 29.9 Å². The fourth-order valence-corrected chi connectivity index (χ4v) is 4.21. The van der Waals surface area contributed by atoms with E-state index in [0.29, 0.717) is 17.1 Å². The zero-order valence-electron chi connectivity index (χ0n) is 16.9. The SMILES string of the molecule is Cc1cc(C(=O)Nc2cc(Cl)cc(N3CCCCC3)c2)cc(C)c1CCCN. The van der Waals surface area contributed by atoms with Crippen molar-refractivity contribution in [1.82, 2.24) is 0 Å². The number of halogens is 1. The molecule has 3 rings (SSSR count). The average Bonchev–Trinajstić information content (AvgIpc) is 2.67. The minimum absolute atomic E-state index is 0.108. The Kier molecular flexibility index (Phi) is 6.97. The van der Waals surface area contributed by atoms with Gasteiger partial charge < -0.3 is 16.0 Å². The molecule has 3 N–H and O–H groups in total. The molecule has 0 saturated carbocycles. The highest BCUT2D eigenvalue weighted by atomic mass is 35.5. The van der Waals surface area contributed by atoms with Gasteiger partial charge in [-0.05, 0) is 99.5 Å². The van der Waals surface area contributed by atoms with Crippen molar-refractivity contribution < 1.29 is 4.79 Å². The van der Waals surface area contributed by atoms with Crippen LogP contribution in [0.25, 0.3) is 0 Å². The summed E-state index contributed by atoms with van der Waals surface area (Å²) >= 11 is 6.33. The van der Waals surface area contributed by atoms with E-state index in [0.717, 1.165) is 48.4 Å². The van der Waals surface area contributed by atoms with Crippen molar-refractivity contribution in [1.29, 1.82) is 0 Å². The molecule has 1 fully saturated rings. The highest BCUT2D eigenvalue weighted by Crippen LogP contribution is 2.28. The van der Waals surface area contributed by atoms with Crippen LogP contribution < -0.4 is 16.0 Å². The zero-order valence-corrected chi connectivity index (χ0v) is 17.6. The van der Waals surface area contributed by atoms with Crippen LogP contribution in [-0.2, 0) is 6.42 Å². The van der Waals surface area contributed by atoms with E-state index in [4.69, 9.17) is 17.3 Å². The summed E-state index contributed by atoms with van der Waals surface area (Å²) in [7, 11) is 0. The van der Waals surface area contributed by atoms with Crippen LogP contribution in [0.2, 0.25) is 5.02 Å². The van der Waals surface area contributed by atoms with Crippen LogP contribution in [0.5, 0.6) is 0 Å². The molecule has 1 aliphatic heterocycles. The number of nitrogens with two attached hydrogens (primary N) is 1. The molecule has 1 amide bonds. The number of carbonyl (C=O) groups is 1. The van der Waals surface area contributed by atoms with Gasteiger partial charge in [-0.2, -0.15) is 0 Å². The van der Waals surface area contributed by atoms with E-state index < -0.39 is 0 Å². The van der Waals surface area contributed by atoms with E-state index in [9.17, 15) is 4.79 Å². The standard InChI is InChI=1S/C23H30ClN3O/c1-16-11-18(12-17(2)22(16)7-6-8-25)23(28)26-20-13-19(24)14-21(15-20)27-9-4-3-5-10-27/h11-15H,3-10,25H2,1-2H3,(H,26,28). The summed E-state index contributed by atoms with van der Waals surface area (Å²) < 4.78 is 0. The van der Waals surface area contributed by atoms with E-state index in [1.165, 1.54) is 24.8 Å². The van der Waals surface area contributed by atoms with Crippen molar-refractivity contribution >= 4 is 28.9 Å². The first-order chi connectivity index (χ1) is 13.5. The lowest BCUT2D eigenvalue weighted by molar-refractivity contribution is 0.102. The van der Waals surface area contributed by atoms with Gasteiger partial charge in [-0.3, -0.25) is 4.79 Å². The molecule has 0 spiro atoms. The fraction of sp³-hybridized carbons (Fsp3) is 0.435. The number of nitrogens with one attached hydrogen (secondary N) is 1. The third-order valence-electron chi connectivity index (χ3n) is 5.45. The van der Waals surface area contributed by atoms with Gasteiger partial charge >= 0.3 is 0 Å². The molecule has 0 aliphatic carbocycles. The molecule has 28 heavy (non-hydrogen) atoms. The maximum atomic E-state index is 12.9. The largest absolute Gasteiger partial charge is 0.371 e. The first-order valence-electron chi connectivity index (χ1n) is 10.1. The Morgan fingerprint density at radius 1 is 1.07 bits per heavy atom. The van der Waals surface area contributed by atoms with Gasteiger partial charge in [0.2, 0.25) is 0 Å². The lowest BCUT2D eigenvalue weighted by Crippen LogP contribution is -2.29. The first-order valence-corrected chi connectivity index (χ1v) is 10.5. The van der Waals surface area contributed by atoms with Crippen molar-refractivity contribution in [2.24, 2.45) is 5.73 Å². The zero-order chi connectivity index (χ0) is 20.1. The molecular formula is C23H30ClN3O. The van der Waals surface area contributed by atoms with Crippen molar-refractivity contribution in [2.45, 2.75) is 46.0 Å². The van der Waals surface area contributed by atoms with E-state index in [2.05, 4.69) is 24.1 Å². The van der Waals surface area contributed by atoms with E-state index in [1.54, 1.807) is 0 Å².